The summed E-state index contributed by atoms with van der Waals surface area (Å²) in [6, 6.07) is 81.5. The van der Waals surface area contributed by atoms with Crippen molar-refractivity contribution in [1.29, 1.82) is 0 Å². The van der Waals surface area contributed by atoms with Crippen LogP contribution in [0.1, 0.15) is 0 Å². The molecule has 0 saturated carbocycles. The second-order valence-electron chi connectivity index (χ2n) is 16.6. The summed E-state index contributed by atoms with van der Waals surface area (Å²) in [5.74, 6) is 0.615. The van der Waals surface area contributed by atoms with Gasteiger partial charge >= 0.3 is 0 Å². The normalized spacial score (nSPS) is 11.7. The Balaban J connectivity index is 1.04. The average molecular weight is 831 g/mol. The van der Waals surface area contributed by atoms with Crippen molar-refractivity contribution in [3.8, 4) is 39.5 Å². The fourth-order valence-corrected chi connectivity index (χ4v) is 9.72. The van der Waals surface area contributed by atoms with E-state index in [1.54, 1.807) is 0 Å². The van der Waals surface area contributed by atoms with E-state index < -0.39 is 0 Å². The molecule has 0 unspecified atom stereocenters. The van der Waals surface area contributed by atoms with Crippen molar-refractivity contribution in [2.24, 2.45) is 0 Å². The van der Waals surface area contributed by atoms with Crippen molar-refractivity contribution >= 4 is 82.5 Å². The molecule has 10 aromatic carbocycles. The van der Waals surface area contributed by atoms with Crippen LogP contribution in [-0.2, 0) is 0 Å². The van der Waals surface area contributed by atoms with Gasteiger partial charge in [0.15, 0.2) is 0 Å². The van der Waals surface area contributed by atoms with E-state index in [2.05, 4.69) is 222 Å². The van der Waals surface area contributed by atoms with Gasteiger partial charge in [-0.3, -0.25) is 4.57 Å². The van der Waals surface area contributed by atoms with Crippen molar-refractivity contribution in [1.82, 2.24) is 14.5 Å². The minimum Gasteiger partial charge on any atom is -0.455 e. The Labute approximate surface area is 374 Å². The van der Waals surface area contributed by atoms with E-state index in [0.29, 0.717) is 5.95 Å². The van der Waals surface area contributed by atoms with Crippen molar-refractivity contribution in [3.63, 3.8) is 0 Å². The van der Waals surface area contributed by atoms with Gasteiger partial charge in [-0.1, -0.05) is 176 Å². The summed E-state index contributed by atoms with van der Waals surface area (Å²) in [4.78, 5) is 12.9. The quantitative estimate of drug-likeness (QED) is 0.161. The largest absolute Gasteiger partial charge is 0.455 e. The number of anilines is 3. The van der Waals surface area contributed by atoms with Crippen LogP contribution >= 0.6 is 0 Å². The van der Waals surface area contributed by atoms with Gasteiger partial charge in [0.1, 0.15) is 11.2 Å². The van der Waals surface area contributed by atoms with Crippen LogP contribution in [0.25, 0.3) is 105 Å². The Bertz CT molecular complexity index is 3830. The summed E-state index contributed by atoms with van der Waals surface area (Å²) in [7, 11) is 0. The molecule has 0 aliphatic carbocycles. The van der Waals surface area contributed by atoms with Gasteiger partial charge < -0.3 is 9.32 Å². The first-order valence-corrected chi connectivity index (χ1v) is 22.0. The Morgan fingerprint density at radius 2 is 0.877 bits per heavy atom. The summed E-state index contributed by atoms with van der Waals surface area (Å²) in [5.41, 5.74) is 14.4. The number of aromatic nitrogens is 3. The summed E-state index contributed by atoms with van der Waals surface area (Å²) in [6.07, 6.45) is 0. The molecule has 0 N–H and O–H groups in total. The van der Waals surface area contributed by atoms with Gasteiger partial charge in [0.25, 0.3) is 0 Å². The Morgan fingerprint density at radius 1 is 0.354 bits per heavy atom. The third-order valence-corrected chi connectivity index (χ3v) is 12.8. The highest BCUT2D eigenvalue weighted by Crippen LogP contribution is 2.46. The maximum absolute atomic E-state index is 7.03. The topological polar surface area (TPSA) is 47.1 Å². The Morgan fingerprint density at radius 3 is 1.52 bits per heavy atom. The SMILES string of the molecule is c1ccc(-c2ccc(N(c3ccc(-c4ccccc4)cc3)c3cc4c5cc6c7ccccc7n(-c7nc(-c8ccccc8)c8ccccc8n7)c6cc5oc4c4ccccc34)cc2)cc1. The van der Waals surface area contributed by atoms with Crippen molar-refractivity contribution in [2.45, 2.75) is 0 Å². The molecule has 13 rings (SSSR count). The maximum Gasteiger partial charge on any atom is 0.235 e. The van der Waals surface area contributed by atoms with Crippen LogP contribution in [0.3, 0.4) is 0 Å². The number of para-hydroxylation sites is 2. The van der Waals surface area contributed by atoms with Crippen LogP contribution in [0.4, 0.5) is 17.1 Å². The van der Waals surface area contributed by atoms with Crippen LogP contribution in [0.5, 0.6) is 0 Å². The molecule has 0 radical (unpaired) electrons. The molecule has 3 heterocycles. The molecular weight excluding hydrogens is 793 g/mol. The molecule has 0 atom stereocenters. The molecule has 5 nitrogen and oxygen atoms in total. The summed E-state index contributed by atoms with van der Waals surface area (Å²) >= 11 is 0. The monoisotopic (exact) mass is 830 g/mol. The van der Waals surface area contributed by atoms with E-state index >= 15 is 0 Å². The third kappa shape index (κ3) is 6.09. The summed E-state index contributed by atoms with van der Waals surface area (Å²) in [5, 5.41) is 7.48. The van der Waals surface area contributed by atoms with E-state index in [1.807, 2.05) is 18.2 Å². The van der Waals surface area contributed by atoms with Crippen LogP contribution in [0, 0.1) is 0 Å². The fraction of sp³-hybridized carbons (Fsp3) is 0. The first kappa shape index (κ1) is 36.8. The van der Waals surface area contributed by atoms with Crippen molar-refractivity contribution < 1.29 is 4.42 Å². The van der Waals surface area contributed by atoms with Crippen LogP contribution in [0.15, 0.2) is 235 Å². The van der Waals surface area contributed by atoms with Gasteiger partial charge in [0, 0.05) is 60.7 Å². The van der Waals surface area contributed by atoms with Crippen molar-refractivity contribution in [2.75, 3.05) is 4.90 Å². The molecule has 13 aromatic rings. The van der Waals surface area contributed by atoms with Crippen molar-refractivity contribution in [3.05, 3.63) is 231 Å². The first-order valence-electron chi connectivity index (χ1n) is 22.0. The van der Waals surface area contributed by atoms with E-state index in [0.717, 1.165) is 93.7 Å². The smallest absolute Gasteiger partial charge is 0.235 e. The number of nitrogens with zero attached hydrogens (tertiary/aromatic N) is 4. The van der Waals surface area contributed by atoms with Crippen LogP contribution in [-0.4, -0.2) is 14.5 Å². The van der Waals surface area contributed by atoms with Gasteiger partial charge in [-0.25, -0.2) is 9.97 Å². The lowest BCUT2D eigenvalue weighted by Crippen LogP contribution is -2.10. The van der Waals surface area contributed by atoms with Gasteiger partial charge in [0.2, 0.25) is 5.95 Å². The predicted molar refractivity (Wildman–Crippen MR) is 270 cm³/mol. The molecule has 5 heteroatoms. The van der Waals surface area contributed by atoms with Gasteiger partial charge in [0.05, 0.1) is 27.9 Å². The molecule has 0 aliphatic heterocycles. The second-order valence-corrected chi connectivity index (χ2v) is 16.6. The lowest BCUT2D eigenvalue weighted by molar-refractivity contribution is 0.673. The van der Waals surface area contributed by atoms with E-state index in [4.69, 9.17) is 14.4 Å². The molecule has 0 aliphatic rings. The van der Waals surface area contributed by atoms with E-state index in [9.17, 15) is 0 Å². The molecule has 3 aromatic heterocycles. The highest BCUT2D eigenvalue weighted by atomic mass is 16.3. The number of furan rings is 1. The zero-order valence-corrected chi connectivity index (χ0v) is 35.1. The Kier molecular flexibility index (Phi) is 8.46. The summed E-state index contributed by atoms with van der Waals surface area (Å²) in [6.45, 7) is 0. The molecule has 0 fully saturated rings. The molecule has 0 bridgehead atoms. The third-order valence-electron chi connectivity index (χ3n) is 12.8. The van der Waals surface area contributed by atoms with Gasteiger partial charge in [-0.15, -0.1) is 0 Å². The maximum atomic E-state index is 7.03. The number of hydrogen-bond acceptors (Lipinski definition) is 4. The average Bonchev–Trinajstić information content (AvgIpc) is 3.91. The molecule has 0 spiro atoms. The van der Waals surface area contributed by atoms with Crippen LogP contribution in [0.2, 0.25) is 0 Å². The number of fused-ring (bicyclic) bond motifs is 9. The predicted octanol–water partition coefficient (Wildman–Crippen LogP) is 16.3. The molecular formula is C60H38N4O. The Hall–Kier alpha value is -8.80. The van der Waals surface area contributed by atoms with Crippen LogP contribution < -0.4 is 4.90 Å². The molecule has 0 amide bonds. The highest BCUT2D eigenvalue weighted by Gasteiger charge is 2.23. The zero-order valence-electron chi connectivity index (χ0n) is 35.1. The number of rotatable bonds is 7. The van der Waals surface area contributed by atoms with Gasteiger partial charge in [-0.2, -0.15) is 0 Å². The molecule has 65 heavy (non-hydrogen) atoms. The minimum atomic E-state index is 0.615. The lowest BCUT2D eigenvalue weighted by Gasteiger charge is -2.27. The van der Waals surface area contributed by atoms with Gasteiger partial charge in [-0.05, 0) is 70.8 Å². The fourth-order valence-electron chi connectivity index (χ4n) is 9.72. The standard InChI is InChI=1S/C60H38N4O/c1-4-16-39(17-5-1)41-28-32-44(33-29-41)63(45-34-30-42(31-35-45)40-18-6-2-7-19-40)55-37-52-51-36-50-47-23-13-15-27-54(47)64(56(50)38-57(51)65-59(52)48-24-11-10-22-46(48)55)60-61-53-26-14-12-25-49(53)58(62-60)43-20-8-3-9-21-43/h1-38H. The van der Waals surface area contributed by atoms with E-state index in [-0.39, 0.29) is 0 Å². The molecule has 304 valence electrons. The molecule has 0 saturated heterocycles. The first-order chi connectivity index (χ1) is 32.2. The highest BCUT2D eigenvalue weighted by molar-refractivity contribution is 6.23. The lowest BCUT2D eigenvalue weighted by atomic mass is 10.00. The minimum absolute atomic E-state index is 0.615. The number of benzene rings is 10. The zero-order chi connectivity index (χ0) is 42.8. The summed E-state index contributed by atoms with van der Waals surface area (Å²) < 4.78 is 9.22. The second kappa shape index (κ2) is 14.9. The number of hydrogen-bond donors (Lipinski definition) is 0. The van der Waals surface area contributed by atoms with E-state index in [1.165, 1.54) is 22.3 Å².